The number of hydrogen-bond acceptors (Lipinski definition) is 3. The third-order valence-corrected chi connectivity index (χ3v) is 5.02. The molecular formula is C18H25ClN2O2. The Morgan fingerprint density at radius 2 is 1.83 bits per heavy atom. The summed E-state index contributed by atoms with van der Waals surface area (Å²) in [5.74, 6) is 0.0923. The van der Waals surface area contributed by atoms with E-state index in [-0.39, 0.29) is 5.91 Å². The van der Waals surface area contributed by atoms with E-state index in [2.05, 4.69) is 18.7 Å². The molecule has 0 bridgehead atoms. The van der Waals surface area contributed by atoms with E-state index in [1.54, 1.807) is 12.1 Å². The molecule has 4 nitrogen and oxygen atoms in total. The number of morpholine rings is 1. The van der Waals surface area contributed by atoms with Gasteiger partial charge in [0.2, 0.25) is 0 Å². The molecule has 1 amide bonds. The van der Waals surface area contributed by atoms with Crippen LogP contribution in [0.2, 0.25) is 5.02 Å². The van der Waals surface area contributed by atoms with Gasteiger partial charge in [-0.1, -0.05) is 17.7 Å². The fraction of sp³-hybridized carbons (Fsp3) is 0.611. The molecule has 2 atom stereocenters. The fourth-order valence-corrected chi connectivity index (χ4v) is 3.94. The van der Waals surface area contributed by atoms with E-state index in [9.17, 15) is 4.79 Å². The third-order valence-electron chi connectivity index (χ3n) is 4.79. The molecule has 0 aliphatic carbocycles. The van der Waals surface area contributed by atoms with Crippen molar-refractivity contribution in [2.24, 2.45) is 0 Å². The molecule has 2 heterocycles. The number of likely N-dealkylation sites (tertiary alicyclic amines) is 1. The Balaban J connectivity index is 1.57. The molecule has 3 rings (SSSR count). The number of hydrogen-bond donors (Lipinski definition) is 0. The summed E-state index contributed by atoms with van der Waals surface area (Å²) in [6.45, 7) is 7.90. The molecule has 0 aromatic heterocycles. The van der Waals surface area contributed by atoms with Gasteiger partial charge in [-0.25, -0.2) is 0 Å². The predicted octanol–water partition coefficient (Wildman–Crippen LogP) is 3.05. The Hall–Kier alpha value is -1.10. The zero-order valence-corrected chi connectivity index (χ0v) is 14.6. The van der Waals surface area contributed by atoms with Crippen molar-refractivity contribution >= 4 is 17.5 Å². The van der Waals surface area contributed by atoms with Crippen LogP contribution in [0.25, 0.3) is 0 Å². The van der Waals surface area contributed by atoms with Gasteiger partial charge in [0.05, 0.1) is 12.2 Å². The highest BCUT2D eigenvalue weighted by molar-refractivity contribution is 6.30. The topological polar surface area (TPSA) is 32.8 Å². The van der Waals surface area contributed by atoms with Gasteiger partial charge in [-0.2, -0.15) is 0 Å². The Morgan fingerprint density at radius 1 is 1.17 bits per heavy atom. The second-order valence-corrected chi connectivity index (χ2v) is 7.18. The monoisotopic (exact) mass is 336 g/mol. The van der Waals surface area contributed by atoms with Crippen LogP contribution in [0.15, 0.2) is 24.3 Å². The van der Waals surface area contributed by atoms with E-state index in [4.69, 9.17) is 16.3 Å². The maximum atomic E-state index is 12.6. The first-order chi connectivity index (χ1) is 11.0. The van der Waals surface area contributed by atoms with Crippen LogP contribution in [0, 0.1) is 0 Å². The number of nitrogens with zero attached hydrogens (tertiary/aromatic N) is 2. The number of piperidine rings is 1. The van der Waals surface area contributed by atoms with Gasteiger partial charge in [-0.05, 0) is 44.9 Å². The predicted molar refractivity (Wildman–Crippen MR) is 92.0 cm³/mol. The summed E-state index contributed by atoms with van der Waals surface area (Å²) in [4.78, 5) is 17.1. The molecule has 0 radical (unpaired) electrons. The first-order valence-corrected chi connectivity index (χ1v) is 8.85. The molecule has 2 aliphatic rings. The SMILES string of the molecule is C[C@H]1CN(C2CCN(C(=O)c3cccc(Cl)c3)CC2)C[C@H](C)O1. The quantitative estimate of drug-likeness (QED) is 0.832. The summed E-state index contributed by atoms with van der Waals surface area (Å²) in [7, 11) is 0. The van der Waals surface area contributed by atoms with Gasteiger partial charge in [0.1, 0.15) is 0 Å². The highest BCUT2D eigenvalue weighted by Gasteiger charge is 2.31. The third kappa shape index (κ3) is 4.06. The van der Waals surface area contributed by atoms with Crippen LogP contribution in [0.1, 0.15) is 37.0 Å². The standard InChI is InChI=1S/C18H25ClN2O2/c1-13-11-21(12-14(2)23-13)17-6-8-20(9-7-17)18(22)15-4-3-5-16(19)10-15/h3-5,10,13-14,17H,6-9,11-12H2,1-2H3/t13-,14-/m0/s1. The van der Waals surface area contributed by atoms with Crippen molar-refractivity contribution in [1.82, 2.24) is 9.80 Å². The molecule has 2 aliphatic heterocycles. The Morgan fingerprint density at radius 3 is 2.43 bits per heavy atom. The van der Waals surface area contributed by atoms with Gasteiger partial charge in [0, 0.05) is 42.8 Å². The number of ether oxygens (including phenoxy) is 1. The normalized spacial score (nSPS) is 27.2. The van der Waals surface area contributed by atoms with Crippen molar-refractivity contribution in [3.8, 4) is 0 Å². The number of benzene rings is 1. The highest BCUT2D eigenvalue weighted by atomic mass is 35.5. The molecule has 126 valence electrons. The van der Waals surface area contributed by atoms with E-state index in [0.29, 0.717) is 28.8 Å². The summed E-state index contributed by atoms with van der Waals surface area (Å²) >= 11 is 5.99. The minimum atomic E-state index is 0.0923. The summed E-state index contributed by atoms with van der Waals surface area (Å²) in [6.07, 6.45) is 2.66. The van der Waals surface area contributed by atoms with Crippen molar-refractivity contribution in [2.75, 3.05) is 26.2 Å². The van der Waals surface area contributed by atoms with Crippen LogP contribution in [0.5, 0.6) is 0 Å². The molecule has 2 saturated heterocycles. The first kappa shape index (κ1) is 16.7. The molecule has 5 heteroatoms. The van der Waals surface area contributed by atoms with Gasteiger partial charge in [0.15, 0.2) is 0 Å². The van der Waals surface area contributed by atoms with Crippen molar-refractivity contribution in [3.63, 3.8) is 0 Å². The lowest BCUT2D eigenvalue weighted by molar-refractivity contribution is -0.0856. The van der Waals surface area contributed by atoms with Crippen LogP contribution in [0.4, 0.5) is 0 Å². The smallest absolute Gasteiger partial charge is 0.253 e. The van der Waals surface area contributed by atoms with Crippen molar-refractivity contribution < 1.29 is 9.53 Å². The molecule has 0 spiro atoms. The summed E-state index contributed by atoms with van der Waals surface area (Å²) in [6, 6.07) is 7.78. The largest absolute Gasteiger partial charge is 0.373 e. The lowest BCUT2D eigenvalue weighted by atomic mass is 10.0. The van der Waals surface area contributed by atoms with E-state index in [1.807, 2.05) is 17.0 Å². The van der Waals surface area contributed by atoms with Crippen LogP contribution >= 0.6 is 11.6 Å². The molecule has 2 fully saturated rings. The number of amides is 1. The van der Waals surface area contributed by atoms with E-state index >= 15 is 0 Å². The van der Waals surface area contributed by atoms with Gasteiger partial charge >= 0.3 is 0 Å². The van der Waals surface area contributed by atoms with Gasteiger partial charge in [-0.3, -0.25) is 9.69 Å². The molecular weight excluding hydrogens is 312 g/mol. The highest BCUT2D eigenvalue weighted by Crippen LogP contribution is 2.23. The lowest BCUT2D eigenvalue weighted by Crippen LogP contribution is -2.53. The summed E-state index contributed by atoms with van der Waals surface area (Å²) < 4.78 is 5.82. The minimum absolute atomic E-state index is 0.0923. The zero-order chi connectivity index (χ0) is 16.4. The van der Waals surface area contributed by atoms with Crippen molar-refractivity contribution in [2.45, 2.75) is 44.9 Å². The summed E-state index contributed by atoms with van der Waals surface area (Å²) in [5.41, 5.74) is 0.685. The zero-order valence-electron chi connectivity index (χ0n) is 13.9. The van der Waals surface area contributed by atoms with Gasteiger partial charge in [-0.15, -0.1) is 0 Å². The van der Waals surface area contributed by atoms with Crippen LogP contribution < -0.4 is 0 Å². The molecule has 1 aromatic carbocycles. The molecule has 0 saturated carbocycles. The number of rotatable bonds is 2. The number of carbonyl (C=O) groups excluding carboxylic acids is 1. The maximum absolute atomic E-state index is 12.6. The average molecular weight is 337 g/mol. The molecule has 0 N–H and O–H groups in total. The lowest BCUT2D eigenvalue weighted by Gasteiger charge is -2.43. The van der Waals surface area contributed by atoms with Crippen molar-refractivity contribution in [1.29, 1.82) is 0 Å². The molecule has 0 unspecified atom stereocenters. The second-order valence-electron chi connectivity index (χ2n) is 6.74. The van der Waals surface area contributed by atoms with Crippen LogP contribution in [-0.2, 0) is 4.74 Å². The maximum Gasteiger partial charge on any atom is 0.253 e. The first-order valence-electron chi connectivity index (χ1n) is 8.47. The molecule has 1 aromatic rings. The van der Waals surface area contributed by atoms with Crippen molar-refractivity contribution in [3.05, 3.63) is 34.9 Å². The Kier molecular flexibility index (Phi) is 5.24. The fourth-order valence-electron chi connectivity index (χ4n) is 3.75. The second kappa shape index (κ2) is 7.20. The minimum Gasteiger partial charge on any atom is -0.373 e. The van der Waals surface area contributed by atoms with Crippen LogP contribution in [-0.4, -0.2) is 60.1 Å². The number of halogens is 1. The van der Waals surface area contributed by atoms with E-state index in [1.165, 1.54) is 0 Å². The van der Waals surface area contributed by atoms with Gasteiger partial charge in [0.25, 0.3) is 5.91 Å². The van der Waals surface area contributed by atoms with E-state index in [0.717, 1.165) is 39.0 Å². The van der Waals surface area contributed by atoms with E-state index < -0.39 is 0 Å². The van der Waals surface area contributed by atoms with Crippen LogP contribution in [0.3, 0.4) is 0 Å². The Labute approximate surface area is 143 Å². The summed E-state index contributed by atoms with van der Waals surface area (Å²) in [5, 5.41) is 0.613. The number of carbonyl (C=O) groups is 1. The molecule has 23 heavy (non-hydrogen) atoms. The average Bonchev–Trinajstić information content (AvgIpc) is 2.53. The van der Waals surface area contributed by atoms with Gasteiger partial charge < -0.3 is 9.64 Å². The Bertz CT molecular complexity index is 548.